The molecule has 1 aromatic rings. The van der Waals surface area contributed by atoms with Gasteiger partial charge in [0.05, 0.1) is 5.41 Å². The van der Waals surface area contributed by atoms with Crippen molar-refractivity contribution in [1.82, 2.24) is 4.90 Å². The molecule has 1 atom stereocenters. The zero-order chi connectivity index (χ0) is 15.3. The first-order valence-corrected chi connectivity index (χ1v) is 8.18. The first-order chi connectivity index (χ1) is 10.1. The SMILES string of the molecule is CCC(CC)(CN)C(=O)N1CCC(Cc2ccccc2)C1.Cl. The summed E-state index contributed by atoms with van der Waals surface area (Å²) in [5, 5.41) is 0. The summed E-state index contributed by atoms with van der Waals surface area (Å²) in [4.78, 5) is 14.9. The zero-order valence-corrected chi connectivity index (χ0v) is 14.6. The monoisotopic (exact) mass is 324 g/mol. The Morgan fingerprint density at radius 2 is 1.91 bits per heavy atom. The molecule has 0 saturated carbocycles. The highest BCUT2D eigenvalue weighted by Crippen LogP contribution is 2.31. The van der Waals surface area contributed by atoms with Crippen LogP contribution in [0.4, 0.5) is 0 Å². The predicted octanol–water partition coefficient (Wildman–Crippen LogP) is 3.26. The van der Waals surface area contributed by atoms with Gasteiger partial charge in [-0.05, 0) is 37.2 Å². The van der Waals surface area contributed by atoms with Crippen LogP contribution in [0.15, 0.2) is 30.3 Å². The lowest BCUT2D eigenvalue weighted by Crippen LogP contribution is -2.46. The Morgan fingerprint density at radius 3 is 2.45 bits per heavy atom. The fraction of sp³-hybridized carbons (Fsp3) is 0.611. The van der Waals surface area contributed by atoms with E-state index in [9.17, 15) is 4.79 Å². The molecule has 1 amide bonds. The number of nitrogens with zero attached hydrogens (tertiary/aromatic N) is 1. The van der Waals surface area contributed by atoms with Gasteiger partial charge in [0.15, 0.2) is 0 Å². The Hall–Kier alpha value is -1.06. The Balaban J connectivity index is 0.00000242. The zero-order valence-electron chi connectivity index (χ0n) is 13.8. The molecule has 4 heteroatoms. The highest BCUT2D eigenvalue weighted by atomic mass is 35.5. The van der Waals surface area contributed by atoms with E-state index < -0.39 is 0 Å². The third kappa shape index (κ3) is 4.02. The van der Waals surface area contributed by atoms with E-state index in [0.717, 1.165) is 38.8 Å². The molecule has 1 heterocycles. The lowest BCUT2D eigenvalue weighted by atomic mass is 9.81. The normalized spacial score (nSPS) is 18.1. The van der Waals surface area contributed by atoms with Crippen molar-refractivity contribution >= 4 is 18.3 Å². The third-order valence-corrected chi connectivity index (χ3v) is 5.14. The number of benzene rings is 1. The van der Waals surface area contributed by atoms with E-state index in [2.05, 4.69) is 38.1 Å². The van der Waals surface area contributed by atoms with E-state index in [0.29, 0.717) is 12.5 Å². The van der Waals surface area contributed by atoms with Crippen LogP contribution in [0.25, 0.3) is 0 Å². The highest BCUT2D eigenvalue weighted by Gasteiger charge is 2.39. The van der Waals surface area contributed by atoms with Crippen LogP contribution in [0.1, 0.15) is 38.7 Å². The van der Waals surface area contributed by atoms with Crippen LogP contribution < -0.4 is 5.73 Å². The molecule has 1 aromatic carbocycles. The Morgan fingerprint density at radius 1 is 1.27 bits per heavy atom. The molecule has 0 aromatic heterocycles. The minimum atomic E-state index is -0.346. The van der Waals surface area contributed by atoms with E-state index in [1.165, 1.54) is 5.56 Å². The van der Waals surface area contributed by atoms with E-state index in [1.807, 2.05) is 11.0 Å². The molecule has 1 aliphatic heterocycles. The molecule has 2 rings (SSSR count). The van der Waals surface area contributed by atoms with Crippen LogP contribution in [-0.2, 0) is 11.2 Å². The Labute approximate surface area is 140 Å². The molecule has 2 N–H and O–H groups in total. The van der Waals surface area contributed by atoms with Gasteiger partial charge in [-0.3, -0.25) is 4.79 Å². The molecule has 3 nitrogen and oxygen atoms in total. The van der Waals surface area contributed by atoms with Gasteiger partial charge in [0.2, 0.25) is 5.91 Å². The van der Waals surface area contributed by atoms with Crippen molar-refractivity contribution < 1.29 is 4.79 Å². The van der Waals surface area contributed by atoms with Crippen molar-refractivity contribution in [3.8, 4) is 0 Å². The minimum Gasteiger partial charge on any atom is -0.342 e. The van der Waals surface area contributed by atoms with Crippen LogP contribution in [0.2, 0.25) is 0 Å². The fourth-order valence-electron chi connectivity index (χ4n) is 3.40. The highest BCUT2D eigenvalue weighted by molar-refractivity contribution is 5.85. The number of carbonyl (C=O) groups excluding carboxylic acids is 1. The van der Waals surface area contributed by atoms with Crippen LogP contribution in [0, 0.1) is 11.3 Å². The van der Waals surface area contributed by atoms with Gasteiger partial charge in [-0.15, -0.1) is 12.4 Å². The maximum atomic E-state index is 12.8. The molecular formula is C18H29ClN2O. The van der Waals surface area contributed by atoms with Gasteiger partial charge in [0, 0.05) is 19.6 Å². The molecule has 1 saturated heterocycles. The van der Waals surface area contributed by atoms with Crippen LogP contribution in [-0.4, -0.2) is 30.4 Å². The van der Waals surface area contributed by atoms with Gasteiger partial charge in [-0.25, -0.2) is 0 Å². The summed E-state index contributed by atoms with van der Waals surface area (Å²) in [6, 6.07) is 10.6. The van der Waals surface area contributed by atoms with Gasteiger partial charge in [0.25, 0.3) is 0 Å². The quantitative estimate of drug-likeness (QED) is 0.873. The second-order valence-electron chi connectivity index (χ2n) is 6.29. The fourth-order valence-corrected chi connectivity index (χ4v) is 3.40. The molecule has 22 heavy (non-hydrogen) atoms. The minimum absolute atomic E-state index is 0. The first-order valence-electron chi connectivity index (χ1n) is 8.18. The van der Waals surface area contributed by atoms with Crippen molar-refractivity contribution in [2.24, 2.45) is 17.1 Å². The van der Waals surface area contributed by atoms with Gasteiger partial charge >= 0.3 is 0 Å². The number of hydrogen-bond acceptors (Lipinski definition) is 2. The second-order valence-corrected chi connectivity index (χ2v) is 6.29. The summed E-state index contributed by atoms with van der Waals surface area (Å²) in [6.45, 7) is 6.38. The number of hydrogen-bond donors (Lipinski definition) is 1. The Kier molecular flexibility index (Phi) is 7.37. The molecule has 124 valence electrons. The van der Waals surface area contributed by atoms with E-state index in [1.54, 1.807) is 0 Å². The smallest absolute Gasteiger partial charge is 0.230 e. The summed E-state index contributed by atoms with van der Waals surface area (Å²) >= 11 is 0. The predicted molar refractivity (Wildman–Crippen MR) is 94.2 cm³/mol. The van der Waals surface area contributed by atoms with Crippen molar-refractivity contribution in [3.05, 3.63) is 35.9 Å². The molecule has 0 spiro atoms. The summed E-state index contributed by atoms with van der Waals surface area (Å²) < 4.78 is 0. The van der Waals surface area contributed by atoms with Gasteiger partial charge in [-0.1, -0.05) is 44.2 Å². The van der Waals surface area contributed by atoms with E-state index in [-0.39, 0.29) is 23.7 Å². The number of carbonyl (C=O) groups is 1. The van der Waals surface area contributed by atoms with Crippen molar-refractivity contribution in [2.75, 3.05) is 19.6 Å². The number of rotatable bonds is 6. The average molecular weight is 325 g/mol. The number of nitrogens with two attached hydrogens (primary N) is 1. The molecule has 1 fully saturated rings. The van der Waals surface area contributed by atoms with Crippen molar-refractivity contribution in [1.29, 1.82) is 0 Å². The van der Waals surface area contributed by atoms with Crippen molar-refractivity contribution in [3.63, 3.8) is 0 Å². The summed E-state index contributed by atoms with van der Waals surface area (Å²) in [5.41, 5.74) is 6.93. The maximum Gasteiger partial charge on any atom is 0.230 e. The number of amides is 1. The van der Waals surface area contributed by atoms with Crippen LogP contribution in [0.5, 0.6) is 0 Å². The largest absolute Gasteiger partial charge is 0.342 e. The van der Waals surface area contributed by atoms with Crippen LogP contribution in [0.3, 0.4) is 0 Å². The van der Waals surface area contributed by atoms with Gasteiger partial charge in [0.1, 0.15) is 0 Å². The molecular weight excluding hydrogens is 296 g/mol. The molecule has 0 aliphatic carbocycles. The third-order valence-electron chi connectivity index (χ3n) is 5.14. The summed E-state index contributed by atoms with van der Waals surface area (Å²) in [6.07, 6.45) is 3.84. The molecule has 0 bridgehead atoms. The lowest BCUT2D eigenvalue weighted by Gasteiger charge is -2.33. The molecule has 1 unspecified atom stereocenters. The maximum absolute atomic E-state index is 12.8. The van der Waals surface area contributed by atoms with E-state index >= 15 is 0 Å². The van der Waals surface area contributed by atoms with Crippen LogP contribution >= 0.6 is 12.4 Å². The summed E-state index contributed by atoms with van der Waals surface area (Å²) in [7, 11) is 0. The van der Waals surface area contributed by atoms with E-state index in [4.69, 9.17) is 5.73 Å². The number of halogens is 1. The lowest BCUT2D eigenvalue weighted by molar-refractivity contribution is -0.141. The Bertz CT molecular complexity index is 451. The molecule has 1 aliphatic rings. The molecule has 0 radical (unpaired) electrons. The average Bonchev–Trinajstić information content (AvgIpc) is 2.99. The second kappa shape index (κ2) is 8.54. The topological polar surface area (TPSA) is 46.3 Å². The number of likely N-dealkylation sites (tertiary alicyclic amines) is 1. The van der Waals surface area contributed by atoms with Gasteiger partial charge in [-0.2, -0.15) is 0 Å². The van der Waals surface area contributed by atoms with Gasteiger partial charge < -0.3 is 10.6 Å². The van der Waals surface area contributed by atoms with Crippen molar-refractivity contribution in [2.45, 2.75) is 39.5 Å². The first kappa shape index (κ1) is 19.0. The standard InChI is InChI=1S/C18H28N2O.ClH/c1-3-18(4-2,14-19)17(21)20-11-10-16(13-20)12-15-8-6-5-7-9-15;/h5-9,16H,3-4,10-14,19H2,1-2H3;1H. The summed E-state index contributed by atoms with van der Waals surface area (Å²) in [5.74, 6) is 0.853.